The molecule has 1 heterocycles. The lowest BCUT2D eigenvalue weighted by Crippen LogP contribution is -2.49. The molecule has 3 N–H and O–H groups in total. The highest BCUT2D eigenvalue weighted by atomic mass is 32.2. The van der Waals surface area contributed by atoms with E-state index in [0.717, 1.165) is 11.8 Å². The molecule has 0 aliphatic carbocycles. The summed E-state index contributed by atoms with van der Waals surface area (Å²) in [5, 5.41) is 18.9. The molecule has 2 aromatic carbocycles. The second kappa shape index (κ2) is 11.3. The van der Waals surface area contributed by atoms with E-state index in [2.05, 4.69) is 9.62 Å². The number of carbonyl (C=O) groups excluding carboxylic acids is 1. The Kier molecular flexibility index (Phi) is 8.59. The predicted molar refractivity (Wildman–Crippen MR) is 136 cm³/mol. The van der Waals surface area contributed by atoms with E-state index in [9.17, 15) is 23.1 Å². The Labute approximate surface area is 211 Å². The van der Waals surface area contributed by atoms with Crippen LogP contribution in [0, 0.1) is 5.92 Å². The lowest BCUT2D eigenvalue weighted by Gasteiger charge is -2.38. The van der Waals surface area contributed by atoms with Gasteiger partial charge in [-0.2, -0.15) is 0 Å². The summed E-state index contributed by atoms with van der Waals surface area (Å²) in [6.07, 6.45) is 0.715. The number of hydrogen-bond acceptors (Lipinski definition) is 7. The Hall–Kier alpha value is -3.15. The van der Waals surface area contributed by atoms with Gasteiger partial charge in [-0.15, -0.1) is 0 Å². The monoisotopic (exact) mass is 519 g/mol. The molecule has 2 aromatic rings. The lowest BCUT2D eigenvalue weighted by atomic mass is 9.99. The van der Waals surface area contributed by atoms with E-state index in [1.54, 1.807) is 48.2 Å². The first-order valence-electron chi connectivity index (χ1n) is 11.6. The molecule has 1 aliphatic heterocycles. The number of sulfonamides is 1. The number of nitrogens with one attached hydrogen (secondary N) is 1. The summed E-state index contributed by atoms with van der Waals surface area (Å²) in [5.74, 6) is -1.07. The van der Waals surface area contributed by atoms with Crippen LogP contribution in [-0.4, -0.2) is 85.5 Å². The van der Waals surface area contributed by atoms with Crippen LogP contribution in [0.1, 0.15) is 40.1 Å². The van der Waals surface area contributed by atoms with E-state index in [-0.39, 0.29) is 41.4 Å². The van der Waals surface area contributed by atoms with Crippen LogP contribution < -0.4 is 9.46 Å². The van der Waals surface area contributed by atoms with Crippen molar-refractivity contribution in [3.8, 4) is 5.75 Å². The fourth-order valence-electron chi connectivity index (χ4n) is 4.15. The topological polar surface area (TPSA) is 136 Å². The SMILES string of the molecule is C[C@H](CO)N1C[C@H](C)[C@@H](CN(C)Cc2ccc(C(=O)O)cc2)Oc2ccc(NS(C)(=O)=O)cc2C1=O. The van der Waals surface area contributed by atoms with Gasteiger partial charge in [0, 0.05) is 31.2 Å². The molecule has 0 fully saturated rings. The van der Waals surface area contributed by atoms with Crippen LogP contribution in [0.4, 0.5) is 5.69 Å². The molecule has 0 spiro atoms. The average Bonchev–Trinajstić information content (AvgIpc) is 2.80. The number of nitrogens with zero attached hydrogens (tertiary/aromatic N) is 2. The van der Waals surface area contributed by atoms with Crippen molar-refractivity contribution in [2.24, 2.45) is 5.92 Å². The first-order chi connectivity index (χ1) is 16.9. The maximum atomic E-state index is 13.4. The summed E-state index contributed by atoms with van der Waals surface area (Å²) in [4.78, 5) is 28.1. The largest absolute Gasteiger partial charge is 0.488 e. The molecular weight excluding hydrogens is 486 g/mol. The van der Waals surface area contributed by atoms with Crippen LogP contribution in [0.25, 0.3) is 0 Å². The normalized spacial score (nSPS) is 19.2. The van der Waals surface area contributed by atoms with Crippen LogP contribution in [-0.2, 0) is 16.6 Å². The summed E-state index contributed by atoms with van der Waals surface area (Å²) < 4.78 is 32.1. The maximum absolute atomic E-state index is 13.4. The molecule has 196 valence electrons. The van der Waals surface area contributed by atoms with Gasteiger partial charge in [-0.3, -0.25) is 14.4 Å². The van der Waals surface area contributed by atoms with Gasteiger partial charge in [0.15, 0.2) is 0 Å². The number of anilines is 1. The van der Waals surface area contributed by atoms with Crippen molar-refractivity contribution < 1.29 is 33.0 Å². The van der Waals surface area contributed by atoms with Crippen molar-refractivity contribution in [2.75, 3.05) is 37.7 Å². The minimum Gasteiger partial charge on any atom is -0.488 e. The average molecular weight is 520 g/mol. The van der Waals surface area contributed by atoms with Crippen LogP contribution in [0.5, 0.6) is 5.75 Å². The number of amides is 1. The molecule has 0 aromatic heterocycles. The first kappa shape index (κ1) is 27.4. The van der Waals surface area contributed by atoms with Crippen LogP contribution in [0.3, 0.4) is 0 Å². The highest BCUT2D eigenvalue weighted by Gasteiger charge is 2.33. The van der Waals surface area contributed by atoms with Gasteiger partial charge in [0.05, 0.1) is 30.0 Å². The third-order valence-electron chi connectivity index (χ3n) is 6.11. The lowest BCUT2D eigenvalue weighted by molar-refractivity contribution is 0.0341. The Morgan fingerprint density at radius 1 is 1.25 bits per heavy atom. The van der Waals surface area contributed by atoms with Crippen molar-refractivity contribution in [1.29, 1.82) is 0 Å². The molecule has 1 aliphatic rings. The molecule has 11 heteroatoms. The summed E-state index contributed by atoms with van der Waals surface area (Å²) in [5.41, 5.74) is 1.63. The predicted octanol–water partition coefficient (Wildman–Crippen LogP) is 2.11. The van der Waals surface area contributed by atoms with Gasteiger partial charge >= 0.3 is 5.97 Å². The van der Waals surface area contributed by atoms with Crippen molar-refractivity contribution in [1.82, 2.24) is 9.80 Å². The number of aromatic carboxylic acids is 1. The Balaban J connectivity index is 1.87. The third-order valence-corrected chi connectivity index (χ3v) is 6.72. The zero-order valence-electron chi connectivity index (χ0n) is 20.8. The number of aliphatic hydroxyl groups excluding tert-OH is 1. The number of rotatable bonds is 9. The van der Waals surface area contributed by atoms with E-state index in [4.69, 9.17) is 9.84 Å². The molecule has 0 unspecified atom stereocenters. The number of ether oxygens (including phenoxy) is 1. The molecule has 10 nitrogen and oxygen atoms in total. The first-order valence-corrected chi connectivity index (χ1v) is 13.5. The number of aliphatic hydroxyl groups is 1. The third kappa shape index (κ3) is 6.96. The quantitative estimate of drug-likeness (QED) is 0.458. The second-order valence-electron chi connectivity index (χ2n) is 9.41. The maximum Gasteiger partial charge on any atom is 0.335 e. The van der Waals surface area contributed by atoms with Gasteiger partial charge in [-0.1, -0.05) is 19.1 Å². The van der Waals surface area contributed by atoms with Gasteiger partial charge in [-0.25, -0.2) is 13.2 Å². The minimum atomic E-state index is -3.54. The fraction of sp³-hybridized carbons (Fsp3) is 0.440. The number of carboxylic acid groups (broad SMARTS) is 1. The van der Waals surface area contributed by atoms with Gasteiger partial charge in [0.25, 0.3) is 5.91 Å². The zero-order chi connectivity index (χ0) is 26.6. The number of likely N-dealkylation sites (N-methyl/N-ethyl adjacent to an activating group) is 1. The van der Waals surface area contributed by atoms with Gasteiger partial charge in [-0.05, 0) is 49.9 Å². The van der Waals surface area contributed by atoms with E-state index < -0.39 is 22.0 Å². The van der Waals surface area contributed by atoms with Crippen molar-refractivity contribution >= 4 is 27.6 Å². The Bertz CT molecular complexity index is 1200. The summed E-state index contributed by atoms with van der Waals surface area (Å²) in [7, 11) is -1.61. The van der Waals surface area contributed by atoms with Crippen LogP contribution in [0.2, 0.25) is 0 Å². The van der Waals surface area contributed by atoms with Crippen LogP contribution >= 0.6 is 0 Å². The molecule has 0 saturated carbocycles. The van der Waals surface area contributed by atoms with E-state index in [1.165, 1.54) is 6.07 Å². The van der Waals surface area contributed by atoms with E-state index in [0.29, 0.717) is 25.4 Å². The molecule has 0 saturated heterocycles. The second-order valence-corrected chi connectivity index (χ2v) is 11.2. The van der Waals surface area contributed by atoms with Crippen molar-refractivity contribution in [2.45, 2.75) is 32.5 Å². The number of hydrogen-bond donors (Lipinski definition) is 3. The number of benzene rings is 2. The standard InChI is InChI=1S/C25H33N3O7S/c1-16-12-28(17(2)15-29)24(30)21-11-20(26-36(4,33)34)9-10-22(21)35-23(16)14-27(3)13-18-5-7-19(8-6-18)25(31)32/h5-11,16-17,23,26,29H,12-15H2,1-4H3,(H,31,32)/t16-,17+,23+/m0/s1. The zero-order valence-corrected chi connectivity index (χ0v) is 21.7. The molecule has 0 radical (unpaired) electrons. The van der Waals surface area contributed by atoms with Crippen LogP contribution in [0.15, 0.2) is 42.5 Å². The smallest absolute Gasteiger partial charge is 0.335 e. The molecular formula is C25H33N3O7S. The number of carboxylic acids is 1. The van der Waals surface area contributed by atoms with Crippen molar-refractivity contribution in [3.05, 3.63) is 59.2 Å². The highest BCUT2D eigenvalue weighted by Crippen LogP contribution is 2.31. The fourth-order valence-corrected chi connectivity index (χ4v) is 4.71. The Morgan fingerprint density at radius 3 is 2.50 bits per heavy atom. The molecule has 3 atom stereocenters. The van der Waals surface area contributed by atoms with Gasteiger partial charge < -0.3 is 19.8 Å². The van der Waals surface area contributed by atoms with Gasteiger partial charge in [0.2, 0.25) is 10.0 Å². The summed E-state index contributed by atoms with van der Waals surface area (Å²) >= 11 is 0. The minimum absolute atomic E-state index is 0.0817. The Morgan fingerprint density at radius 2 is 1.92 bits per heavy atom. The summed E-state index contributed by atoms with van der Waals surface area (Å²) in [6.45, 7) is 4.94. The molecule has 1 amide bonds. The number of fused-ring (bicyclic) bond motifs is 1. The molecule has 36 heavy (non-hydrogen) atoms. The molecule has 0 bridgehead atoms. The van der Waals surface area contributed by atoms with Crippen molar-refractivity contribution in [3.63, 3.8) is 0 Å². The summed E-state index contributed by atoms with van der Waals surface area (Å²) in [6, 6.07) is 10.8. The van der Waals surface area contributed by atoms with E-state index in [1.807, 2.05) is 14.0 Å². The highest BCUT2D eigenvalue weighted by molar-refractivity contribution is 7.92. The number of carbonyl (C=O) groups is 2. The van der Waals surface area contributed by atoms with Gasteiger partial charge in [0.1, 0.15) is 11.9 Å². The van der Waals surface area contributed by atoms with E-state index >= 15 is 0 Å². The molecule has 3 rings (SSSR count).